The lowest BCUT2D eigenvalue weighted by atomic mass is 10.1. The average Bonchev–Trinajstić information content (AvgIpc) is 2.78. The summed E-state index contributed by atoms with van der Waals surface area (Å²) in [6.45, 7) is 3.07. The van der Waals surface area contributed by atoms with E-state index in [1.165, 1.54) is 12.1 Å². The number of carbonyl (C=O) groups is 3. The summed E-state index contributed by atoms with van der Waals surface area (Å²) < 4.78 is 0. The Bertz CT molecular complexity index is 614. The third kappa shape index (κ3) is 3.55. The van der Waals surface area contributed by atoms with Gasteiger partial charge in [0.05, 0.1) is 11.6 Å². The van der Waals surface area contributed by atoms with E-state index in [9.17, 15) is 19.5 Å². The van der Waals surface area contributed by atoms with E-state index in [0.717, 1.165) is 12.5 Å². The van der Waals surface area contributed by atoms with E-state index in [4.69, 9.17) is 5.11 Å². The number of aromatic hydroxyl groups is 1. The number of phenols is 1. The highest BCUT2D eigenvalue weighted by atomic mass is 16.4. The fraction of sp³-hybridized carbons (Fsp3) is 0.400. The van der Waals surface area contributed by atoms with Crippen molar-refractivity contribution in [2.45, 2.75) is 25.8 Å². The molecule has 0 saturated carbocycles. The second-order valence-corrected chi connectivity index (χ2v) is 5.29. The highest BCUT2D eigenvalue weighted by Gasteiger charge is 2.30. The van der Waals surface area contributed by atoms with Crippen LogP contribution in [0.1, 0.15) is 40.5 Å². The fourth-order valence-electron chi connectivity index (χ4n) is 2.49. The van der Waals surface area contributed by atoms with Crippen molar-refractivity contribution in [2.24, 2.45) is 0 Å². The molecule has 0 aliphatic carbocycles. The Labute approximate surface area is 127 Å². The van der Waals surface area contributed by atoms with Gasteiger partial charge in [-0.05, 0) is 24.6 Å². The van der Waals surface area contributed by atoms with Crippen LogP contribution in [0.25, 0.3) is 0 Å². The quantitative estimate of drug-likeness (QED) is 0.747. The van der Waals surface area contributed by atoms with Crippen LogP contribution in [0.3, 0.4) is 0 Å². The number of hydrogen-bond donors (Lipinski definition) is 3. The second-order valence-electron chi connectivity index (χ2n) is 5.29. The first-order valence-corrected chi connectivity index (χ1v) is 7.06. The van der Waals surface area contributed by atoms with Crippen molar-refractivity contribution in [3.8, 4) is 5.75 Å². The van der Waals surface area contributed by atoms with Crippen LogP contribution in [0, 0.1) is 0 Å². The van der Waals surface area contributed by atoms with Gasteiger partial charge in [0.2, 0.25) is 5.91 Å². The number of phenolic OH excluding ortho intramolecular Hbond substituents is 1. The number of carboxylic acids is 1. The molecule has 7 nitrogen and oxygen atoms in total. The maximum Gasteiger partial charge on any atom is 0.335 e. The molecule has 2 rings (SSSR count). The molecule has 2 amide bonds. The number of benzene rings is 1. The van der Waals surface area contributed by atoms with E-state index in [-0.39, 0.29) is 35.2 Å². The number of amides is 2. The van der Waals surface area contributed by atoms with Crippen molar-refractivity contribution >= 4 is 17.8 Å². The Balaban J connectivity index is 2.07. The lowest BCUT2D eigenvalue weighted by Gasteiger charge is -2.16. The Hall–Kier alpha value is -2.57. The van der Waals surface area contributed by atoms with Gasteiger partial charge in [0.1, 0.15) is 5.75 Å². The Morgan fingerprint density at radius 1 is 1.32 bits per heavy atom. The molecule has 0 aromatic heterocycles. The summed E-state index contributed by atoms with van der Waals surface area (Å²) in [6.07, 6.45) is 1.08. The van der Waals surface area contributed by atoms with Crippen LogP contribution in [0.2, 0.25) is 0 Å². The van der Waals surface area contributed by atoms with Crippen LogP contribution in [0.4, 0.5) is 0 Å². The molecule has 1 heterocycles. The lowest BCUT2D eigenvalue weighted by molar-refractivity contribution is -0.127. The molecule has 1 saturated heterocycles. The summed E-state index contributed by atoms with van der Waals surface area (Å²) in [5, 5.41) is 21.1. The number of aromatic carboxylic acids is 1. The first-order valence-electron chi connectivity index (χ1n) is 7.06. The zero-order valence-corrected chi connectivity index (χ0v) is 12.2. The largest absolute Gasteiger partial charge is 0.508 e. The number of hydrogen-bond acceptors (Lipinski definition) is 4. The number of rotatable bonds is 5. The predicted molar refractivity (Wildman–Crippen MR) is 77.8 cm³/mol. The minimum absolute atomic E-state index is 0.00529. The van der Waals surface area contributed by atoms with Gasteiger partial charge < -0.3 is 20.4 Å². The smallest absolute Gasteiger partial charge is 0.335 e. The van der Waals surface area contributed by atoms with Gasteiger partial charge in [-0.1, -0.05) is 6.92 Å². The van der Waals surface area contributed by atoms with Crippen LogP contribution in [-0.2, 0) is 4.79 Å². The van der Waals surface area contributed by atoms with Crippen molar-refractivity contribution in [1.82, 2.24) is 10.2 Å². The number of nitrogens with one attached hydrogen (secondary N) is 1. The van der Waals surface area contributed by atoms with Gasteiger partial charge in [-0.3, -0.25) is 9.59 Å². The fourth-order valence-corrected chi connectivity index (χ4v) is 2.49. The SMILES string of the molecule is CCCN1CC(NC(=O)c2cc(O)cc(C(=O)O)c2)CC1=O. The molecular formula is C15H18N2O5. The van der Waals surface area contributed by atoms with Crippen molar-refractivity contribution in [2.75, 3.05) is 13.1 Å². The van der Waals surface area contributed by atoms with E-state index < -0.39 is 11.9 Å². The number of carbonyl (C=O) groups excluding carboxylic acids is 2. The molecule has 1 aliphatic heterocycles. The maximum absolute atomic E-state index is 12.2. The van der Waals surface area contributed by atoms with E-state index in [0.29, 0.717) is 13.1 Å². The van der Waals surface area contributed by atoms with Crippen molar-refractivity contribution in [3.63, 3.8) is 0 Å². The molecule has 22 heavy (non-hydrogen) atoms. The van der Waals surface area contributed by atoms with Gasteiger partial charge in [-0.2, -0.15) is 0 Å². The lowest BCUT2D eigenvalue weighted by Crippen LogP contribution is -2.37. The highest BCUT2D eigenvalue weighted by Crippen LogP contribution is 2.17. The van der Waals surface area contributed by atoms with Gasteiger partial charge in [0.15, 0.2) is 0 Å². The van der Waals surface area contributed by atoms with E-state index >= 15 is 0 Å². The molecule has 1 aliphatic rings. The van der Waals surface area contributed by atoms with Crippen LogP contribution >= 0.6 is 0 Å². The first-order chi connectivity index (χ1) is 10.4. The van der Waals surface area contributed by atoms with E-state index in [1.807, 2.05) is 6.92 Å². The zero-order chi connectivity index (χ0) is 16.3. The average molecular weight is 306 g/mol. The molecule has 0 radical (unpaired) electrons. The van der Waals surface area contributed by atoms with Crippen LogP contribution in [0.15, 0.2) is 18.2 Å². The van der Waals surface area contributed by atoms with Crippen molar-refractivity contribution in [1.29, 1.82) is 0 Å². The predicted octanol–water partition coefficient (Wildman–Crippen LogP) is 0.831. The Morgan fingerprint density at radius 3 is 2.64 bits per heavy atom. The van der Waals surface area contributed by atoms with Gasteiger partial charge in [0.25, 0.3) is 5.91 Å². The minimum Gasteiger partial charge on any atom is -0.508 e. The molecule has 1 aromatic carbocycles. The van der Waals surface area contributed by atoms with Gasteiger partial charge in [0, 0.05) is 25.1 Å². The highest BCUT2D eigenvalue weighted by molar-refractivity contribution is 5.98. The van der Waals surface area contributed by atoms with Gasteiger partial charge >= 0.3 is 5.97 Å². The molecular weight excluding hydrogens is 288 g/mol. The molecule has 1 atom stereocenters. The van der Waals surface area contributed by atoms with Gasteiger partial charge in [-0.25, -0.2) is 4.79 Å². The van der Waals surface area contributed by atoms with Crippen LogP contribution < -0.4 is 5.32 Å². The molecule has 118 valence electrons. The zero-order valence-electron chi connectivity index (χ0n) is 12.2. The number of nitrogens with zero attached hydrogens (tertiary/aromatic N) is 1. The molecule has 0 bridgehead atoms. The van der Waals surface area contributed by atoms with Crippen LogP contribution in [-0.4, -0.2) is 52.0 Å². The molecule has 1 fully saturated rings. The first kappa shape index (κ1) is 15.8. The third-order valence-electron chi connectivity index (χ3n) is 3.47. The molecule has 7 heteroatoms. The third-order valence-corrected chi connectivity index (χ3v) is 3.47. The van der Waals surface area contributed by atoms with E-state index in [1.54, 1.807) is 4.90 Å². The normalized spacial score (nSPS) is 17.6. The van der Waals surface area contributed by atoms with Gasteiger partial charge in [-0.15, -0.1) is 0 Å². The van der Waals surface area contributed by atoms with E-state index in [2.05, 4.69) is 5.32 Å². The summed E-state index contributed by atoms with van der Waals surface area (Å²) in [4.78, 5) is 36.5. The summed E-state index contributed by atoms with van der Waals surface area (Å²) in [6, 6.07) is 3.16. The topological polar surface area (TPSA) is 107 Å². The number of likely N-dealkylation sites (tertiary alicyclic amines) is 1. The Kier molecular flexibility index (Phi) is 4.65. The minimum atomic E-state index is -1.23. The molecule has 3 N–H and O–H groups in total. The summed E-state index contributed by atoms with van der Waals surface area (Å²) in [7, 11) is 0. The molecule has 0 spiro atoms. The maximum atomic E-state index is 12.2. The number of carboxylic acid groups (broad SMARTS) is 1. The van der Waals surface area contributed by atoms with Crippen LogP contribution in [0.5, 0.6) is 5.75 Å². The summed E-state index contributed by atoms with van der Waals surface area (Å²) in [5.41, 5.74) is -0.112. The van der Waals surface area contributed by atoms with Crippen molar-refractivity contribution < 1.29 is 24.6 Å². The standard InChI is InChI=1S/C15H18N2O5/c1-2-3-17-8-11(7-13(17)19)16-14(20)9-4-10(15(21)22)6-12(18)5-9/h4-6,11,18H,2-3,7-8H2,1H3,(H,16,20)(H,21,22). The Morgan fingerprint density at radius 2 is 2.00 bits per heavy atom. The summed E-state index contributed by atoms with van der Waals surface area (Å²) in [5.74, 6) is -2.03. The molecule has 1 aromatic rings. The summed E-state index contributed by atoms with van der Waals surface area (Å²) >= 11 is 0. The monoisotopic (exact) mass is 306 g/mol. The second kappa shape index (κ2) is 6.46. The van der Waals surface area contributed by atoms with Crippen molar-refractivity contribution in [3.05, 3.63) is 29.3 Å². The molecule has 1 unspecified atom stereocenters.